The zero-order valence-corrected chi connectivity index (χ0v) is 15.1. The van der Waals surface area contributed by atoms with Crippen LogP contribution in [0, 0.1) is 0 Å². The largest absolute Gasteiger partial charge is 0.374 e. The fourth-order valence-corrected chi connectivity index (χ4v) is 2.35. The summed E-state index contributed by atoms with van der Waals surface area (Å²) < 4.78 is 0. The van der Waals surface area contributed by atoms with Crippen molar-refractivity contribution in [1.29, 1.82) is 0 Å². The van der Waals surface area contributed by atoms with Crippen LogP contribution in [0.5, 0.6) is 0 Å². The van der Waals surface area contributed by atoms with Crippen LogP contribution in [0.4, 0.5) is 11.4 Å². The van der Waals surface area contributed by atoms with Gasteiger partial charge in [0.25, 0.3) is 0 Å². The normalized spacial score (nSPS) is 12.3. The number of carbonyl (C=O) groups excluding carboxylic acids is 2. The molecule has 0 aliphatic rings. The zero-order valence-electron chi connectivity index (χ0n) is 15.1. The Hall–Kier alpha value is -2.82. The number of nitrogens with two attached hydrogens (primary N) is 1. The standard InChI is InChI=1S/C20H25N3O2/c1-13(22-16-11-7-15(8-12-16)20(2,3)4)19(25)23-17-9-5-14(6-10-17)18(21)24/h5-13,22H,1-4H3,(H2,21,24)(H,23,25). The van der Waals surface area contributed by atoms with Gasteiger partial charge >= 0.3 is 0 Å². The second-order valence-electron chi connectivity index (χ2n) is 7.12. The lowest BCUT2D eigenvalue weighted by Gasteiger charge is -2.20. The highest BCUT2D eigenvalue weighted by molar-refractivity contribution is 5.97. The van der Waals surface area contributed by atoms with Gasteiger partial charge in [-0.15, -0.1) is 0 Å². The lowest BCUT2D eigenvalue weighted by atomic mass is 9.87. The van der Waals surface area contributed by atoms with Gasteiger partial charge in [-0.1, -0.05) is 32.9 Å². The molecule has 0 saturated carbocycles. The van der Waals surface area contributed by atoms with E-state index in [4.69, 9.17) is 5.73 Å². The molecular weight excluding hydrogens is 314 g/mol. The molecule has 1 atom stereocenters. The summed E-state index contributed by atoms with van der Waals surface area (Å²) in [4.78, 5) is 23.4. The van der Waals surface area contributed by atoms with Crippen LogP contribution in [0.3, 0.4) is 0 Å². The molecule has 2 rings (SSSR count). The van der Waals surface area contributed by atoms with E-state index < -0.39 is 11.9 Å². The lowest BCUT2D eigenvalue weighted by molar-refractivity contribution is -0.116. The second kappa shape index (κ2) is 7.38. The molecule has 0 aromatic heterocycles. The molecule has 5 nitrogen and oxygen atoms in total. The summed E-state index contributed by atoms with van der Waals surface area (Å²) in [7, 11) is 0. The van der Waals surface area contributed by atoms with Gasteiger partial charge in [0.2, 0.25) is 11.8 Å². The molecule has 2 amide bonds. The third kappa shape index (κ3) is 5.08. The molecule has 5 heteroatoms. The molecule has 0 saturated heterocycles. The minimum absolute atomic E-state index is 0.0958. The Kier molecular flexibility index (Phi) is 5.47. The molecular formula is C20H25N3O2. The Morgan fingerprint density at radius 3 is 1.92 bits per heavy atom. The first-order valence-electron chi connectivity index (χ1n) is 8.24. The summed E-state index contributed by atoms with van der Waals surface area (Å²) >= 11 is 0. The van der Waals surface area contributed by atoms with Crippen LogP contribution in [0.25, 0.3) is 0 Å². The number of carbonyl (C=O) groups is 2. The summed E-state index contributed by atoms with van der Waals surface area (Å²) in [6.07, 6.45) is 0. The molecule has 0 spiro atoms. The lowest BCUT2D eigenvalue weighted by Crippen LogP contribution is -2.31. The zero-order chi connectivity index (χ0) is 18.6. The van der Waals surface area contributed by atoms with E-state index >= 15 is 0 Å². The first-order chi connectivity index (χ1) is 11.7. The number of primary amides is 1. The fraction of sp³-hybridized carbons (Fsp3) is 0.300. The van der Waals surface area contributed by atoms with Crippen molar-refractivity contribution in [2.24, 2.45) is 5.73 Å². The Balaban J connectivity index is 1.96. The smallest absolute Gasteiger partial charge is 0.248 e. The van der Waals surface area contributed by atoms with E-state index in [1.165, 1.54) is 5.56 Å². The summed E-state index contributed by atoms with van der Waals surface area (Å²) in [5.74, 6) is -0.654. The molecule has 2 aromatic carbocycles. The molecule has 0 aliphatic heterocycles. The van der Waals surface area contributed by atoms with Crippen LogP contribution in [0.2, 0.25) is 0 Å². The van der Waals surface area contributed by atoms with Crippen molar-refractivity contribution < 1.29 is 9.59 Å². The van der Waals surface area contributed by atoms with Gasteiger partial charge in [0.05, 0.1) is 0 Å². The summed E-state index contributed by atoms with van der Waals surface area (Å²) in [5, 5.41) is 5.99. The monoisotopic (exact) mass is 339 g/mol. The molecule has 1 unspecified atom stereocenters. The van der Waals surface area contributed by atoms with Gasteiger partial charge in [0.1, 0.15) is 6.04 Å². The predicted molar refractivity (Wildman–Crippen MR) is 102 cm³/mol. The maximum Gasteiger partial charge on any atom is 0.248 e. The number of amides is 2. The maximum atomic E-state index is 12.3. The van der Waals surface area contributed by atoms with Gasteiger partial charge in [0, 0.05) is 16.9 Å². The van der Waals surface area contributed by atoms with Crippen LogP contribution in [-0.2, 0) is 10.2 Å². The van der Waals surface area contributed by atoms with E-state index in [0.717, 1.165) is 5.69 Å². The number of nitrogens with one attached hydrogen (secondary N) is 2. The molecule has 0 aliphatic carbocycles. The average Bonchev–Trinajstić information content (AvgIpc) is 2.55. The van der Waals surface area contributed by atoms with E-state index in [2.05, 4.69) is 43.5 Å². The van der Waals surface area contributed by atoms with Crippen LogP contribution < -0.4 is 16.4 Å². The van der Waals surface area contributed by atoms with Crippen molar-refractivity contribution in [3.05, 3.63) is 59.7 Å². The summed E-state index contributed by atoms with van der Waals surface area (Å²) in [6.45, 7) is 8.28. The Morgan fingerprint density at radius 2 is 1.44 bits per heavy atom. The van der Waals surface area contributed by atoms with Gasteiger partial charge in [-0.05, 0) is 54.3 Å². The maximum absolute atomic E-state index is 12.3. The van der Waals surface area contributed by atoms with Crippen LogP contribution >= 0.6 is 0 Å². The molecule has 25 heavy (non-hydrogen) atoms. The summed E-state index contributed by atoms with van der Waals surface area (Å²) in [6, 6.07) is 14.2. The van der Waals surface area contributed by atoms with E-state index in [1.807, 2.05) is 12.1 Å². The van der Waals surface area contributed by atoms with E-state index in [9.17, 15) is 9.59 Å². The molecule has 0 radical (unpaired) electrons. The van der Waals surface area contributed by atoms with Crippen LogP contribution in [0.1, 0.15) is 43.6 Å². The molecule has 132 valence electrons. The molecule has 0 bridgehead atoms. The van der Waals surface area contributed by atoms with Crippen molar-refractivity contribution in [2.75, 3.05) is 10.6 Å². The van der Waals surface area contributed by atoms with Gasteiger partial charge in [-0.3, -0.25) is 9.59 Å². The van der Waals surface area contributed by atoms with Crippen LogP contribution in [0.15, 0.2) is 48.5 Å². The highest BCUT2D eigenvalue weighted by Gasteiger charge is 2.15. The number of benzene rings is 2. The van der Waals surface area contributed by atoms with Crippen LogP contribution in [-0.4, -0.2) is 17.9 Å². The third-order valence-corrected chi connectivity index (χ3v) is 3.96. The predicted octanol–water partition coefficient (Wildman–Crippen LogP) is 3.52. The first kappa shape index (κ1) is 18.5. The van der Waals surface area contributed by atoms with Gasteiger partial charge in [-0.25, -0.2) is 0 Å². The van der Waals surface area contributed by atoms with Gasteiger partial charge in [-0.2, -0.15) is 0 Å². The summed E-state index contributed by atoms with van der Waals surface area (Å²) in [5.41, 5.74) is 8.45. The Morgan fingerprint density at radius 1 is 0.920 bits per heavy atom. The first-order valence-corrected chi connectivity index (χ1v) is 8.24. The highest BCUT2D eigenvalue weighted by atomic mass is 16.2. The second-order valence-corrected chi connectivity index (χ2v) is 7.12. The van der Waals surface area contributed by atoms with Crippen molar-refractivity contribution >= 4 is 23.2 Å². The Bertz CT molecular complexity index is 744. The molecule has 0 heterocycles. The number of hydrogen-bond donors (Lipinski definition) is 3. The SMILES string of the molecule is CC(Nc1ccc(C(C)(C)C)cc1)C(=O)Nc1ccc(C(N)=O)cc1. The van der Waals surface area contributed by atoms with Crippen molar-refractivity contribution in [3.63, 3.8) is 0 Å². The molecule has 4 N–H and O–H groups in total. The number of hydrogen-bond acceptors (Lipinski definition) is 3. The molecule has 2 aromatic rings. The van der Waals surface area contributed by atoms with Gasteiger partial charge < -0.3 is 16.4 Å². The third-order valence-electron chi connectivity index (χ3n) is 3.96. The Labute approximate surface area is 148 Å². The fourth-order valence-electron chi connectivity index (χ4n) is 2.35. The average molecular weight is 339 g/mol. The van der Waals surface area contributed by atoms with Gasteiger partial charge in [0.15, 0.2) is 0 Å². The van der Waals surface area contributed by atoms with E-state index in [1.54, 1.807) is 31.2 Å². The van der Waals surface area contributed by atoms with Crippen molar-refractivity contribution in [2.45, 2.75) is 39.2 Å². The number of anilines is 2. The van der Waals surface area contributed by atoms with E-state index in [0.29, 0.717) is 11.3 Å². The van der Waals surface area contributed by atoms with Crippen molar-refractivity contribution in [3.8, 4) is 0 Å². The minimum Gasteiger partial charge on any atom is -0.374 e. The minimum atomic E-state index is -0.494. The quantitative estimate of drug-likeness (QED) is 0.779. The van der Waals surface area contributed by atoms with Crippen molar-refractivity contribution in [1.82, 2.24) is 0 Å². The number of rotatable bonds is 5. The topological polar surface area (TPSA) is 84.2 Å². The highest BCUT2D eigenvalue weighted by Crippen LogP contribution is 2.23. The molecule has 0 fully saturated rings. The van der Waals surface area contributed by atoms with E-state index in [-0.39, 0.29) is 11.3 Å².